The summed E-state index contributed by atoms with van der Waals surface area (Å²) >= 11 is 15.8. The third kappa shape index (κ3) is 5.86. The molecule has 1 N–H and O–H groups in total. The smallest absolute Gasteiger partial charge is 0.271 e. The topological polar surface area (TPSA) is 72.7 Å². The summed E-state index contributed by atoms with van der Waals surface area (Å²) < 4.78 is 14.9. The van der Waals surface area contributed by atoms with Gasteiger partial charge in [-0.05, 0) is 42.0 Å². The van der Waals surface area contributed by atoms with Gasteiger partial charge >= 0.3 is 0 Å². The van der Waals surface area contributed by atoms with Crippen LogP contribution in [0, 0.1) is 5.82 Å². The van der Waals surface area contributed by atoms with Crippen LogP contribution in [0.15, 0.2) is 83.3 Å². The number of benzene rings is 3. The Morgan fingerprint density at radius 1 is 0.973 bits per heavy atom. The Labute approximate surface area is 230 Å². The van der Waals surface area contributed by atoms with Crippen molar-refractivity contribution in [2.75, 3.05) is 0 Å². The van der Waals surface area contributed by atoms with Crippen LogP contribution in [0.1, 0.15) is 21.1 Å². The van der Waals surface area contributed by atoms with Crippen molar-refractivity contribution >= 4 is 52.2 Å². The van der Waals surface area contributed by atoms with Crippen molar-refractivity contribution in [2.45, 2.75) is 17.5 Å². The monoisotopic (exact) mass is 569 g/mol. The van der Waals surface area contributed by atoms with Gasteiger partial charge < -0.3 is 5.32 Å². The zero-order valence-corrected chi connectivity index (χ0v) is 22.2. The SMILES string of the molecule is O=C(NCc1ccc(F)cc1)c1csc(CSc2nnc(-c3ccccc3Cl)n2-c2ccccc2Cl)n1. The maximum absolute atomic E-state index is 13.1. The highest BCUT2D eigenvalue weighted by atomic mass is 35.5. The maximum atomic E-state index is 13.1. The van der Waals surface area contributed by atoms with E-state index in [1.165, 1.54) is 35.2 Å². The summed E-state index contributed by atoms with van der Waals surface area (Å²) in [5.74, 6) is 0.431. The van der Waals surface area contributed by atoms with E-state index >= 15 is 0 Å². The molecule has 11 heteroatoms. The van der Waals surface area contributed by atoms with E-state index in [-0.39, 0.29) is 18.3 Å². The number of nitrogens with one attached hydrogen (secondary N) is 1. The van der Waals surface area contributed by atoms with E-state index in [1.807, 2.05) is 41.0 Å². The highest BCUT2D eigenvalue weighted by Gasteiger charge is 2.20. The van der Waals surface area contributed by atoms with Crippen LogP contribution < -0.4 is 5.32 Å². The molecule has 1 amide bonds. The minimum atomic E-state index is -0.318. The van der Waals surface area contributed by atoms with E-state index in [4.69, 9.17) is 23.2 Å². The summed E-state index contributed by atoms with van der Waals surface area (Å²) in [6.07, 6.45) is 0. The summed E-state index contributed by atoms with van der Waals surface area (Å²) in [5.41, 5.74) is 2.59. The molecule has 2 aromatic heterocycles. The molecule has 0 aliphatic rings. The van der Waals surface area contributed by atoms with Crippen LogP contribution in [0.4, 0.5) is 4.39 Å². The number of para-hydroxylation sites is 1. The number of halogens is 3. The number of thioether (sulfide) groups is 1. The lowest BCUT2D eigenvalue weighted by atomic mass is 10.2. The Kier molecular flexibility index (Phi) is 7.85. The average Bonchev–Trinajstić information content (AvgIpc) is 3.55. The van der Waals surface area contributed by atoms with Crippen LogP contribution in [0.2, 0.25) is 10.0 Å². The molecule has 186 valence electrons. The molecule has 5 rings (SSSR count). The van der Waals surface area contributed by atoms with Gasteiger partial charge in [0.05, 0.1) is 21.5 Å². The van der Waals surface area contributed by atoms with Crippen molar-refractivity contribution in [3.8, 4) is 17.1 Å². The van der Waals surface area contributed by atoms with E-state index < -0.39 is 0 Å². The fourth-order valence-electron chi connectivity index (χ4n) is 3.51. The van der Waals surface area contributed by atoms with Gasteiger partial charge in [-0.25, -0.2) is 9.37 Å². The summed E-state index contributed by atoms with van der Waals surface area (Å²) in [5, 5.41) is 15.8. The van der Waals surface area contributed by atoms with Gasteiger partial charge in [0.1, 0.15) is 16.5 Å². The van der Waals surface area contributed by atoms with Crippen LogP contribution in [-0.4, -0.2) is 25.7 Å². The standard InChI is InChI=1S/C26H18Cl2FN5OS2/c27-19-6-2-1-5-18(19)24-32-33-26(34(24)22-8-4-3-7-20(22)28)37-15-23-31-21(14-36-23)25(35)30-13-16-9-11-17(29)12-10-16/h1-12,14H,13,15H2,(H,30,35). The first-order valence-electron chi connectivity index (χ1n) is 11.0. The van der Waals surface area contributed by atoms with E-state index in [9.17, 15) is 9.18 Å². The highest BCUT2D eigenvalue weighted by Crippen LogP contribution is 2.35. The summed E-state index contributed by atoms with van der Waals surface area (Å²) in [7, 11) is 0. The normalized spacial score (nSPS) is 11.0. The number of carbonyl (C=O) groups excluding carboxylic acids is 1. The zero-order valence-electron chi connectivity index (χ0n) is 19.1. The number of carbonyl (C=O) groups is 1. The molecular weight excluding hydrogens is 552 g/mol. The summed E-state index contributed by atoms with van der Waals surface area (Å²) in [6.45, 7) is 0.284. The van der Waals surface area contributed by atoms with Gasteiger partial charge in [-0.3, -0.25) is 9.36 Å². The molecule has 0 atom stereocenters. The van der Waals surface area contributed by atoms with Crippen molar-refractivity contribution in [1.29, 1.82) is 0 Å². The second-order valence-corrected chi connectivity index (χ2v) is 10.5. The van der Waals surface area contributed by atoms with Gasteiger partial charge in [0.25, 0.3) is 5.91 Å². The Morgan fingerprint density at radius 3 is 2.46 bits per heavy atom. The molecule has 37 heavy (non-hydrogen) atoms. The predicted octanol–water partition coefficient (Wildman–Crippen LogP) is 7.06. The largest absolute Gasteiger partial charge is 0.347 e. The molecule has 0 radical (unpaired) electrons. The van der Waals surface area contributed by atoms with Gasteiger partial charge in [0.2, 0.25) is 0 Å². The van der Waals surface area contributed by atoms with Crippen LogP contribution >= 0.6 is 46.3 Å². The number of nitrogens with zero attached hydrogens (tertiary/aromatic N) is 4. The molecule has 5 aromatic rings. The maximum Gasteiger partial charge on any atom is 0.271 e. The summed E-state index contributed by atoms with van der Waals surface area (Å²) in [6, 6.07) is 20.8. The predicted molar refractivity (Wildman–Crippen MR) is 146 cm³/mol. The number of rotatable bonds is 8. The van der Waals surface area contributed by atoms with Gasteiger partial charge in [0, 0.05) is 17.5 Å². The molecule has 0 fully saturated rings. The minimum Gasteiger partial charge on any atom is -0.347 e. The highest BCUT2D eigenvalue weighted by molar-refractivity contribution is 7.98. The Balaban J connectivity index is 1.34. The number of hydrogen-bond acceptors (Lipinski definition) is 6. The first-order valence-corrected chi connectivity index (χ1v) is 13.7. The van der Waals surface area contributed by atoms with E-state index in [0.717, 1.165) is 21.8 Å². The Hall–Kier alpha value is -3.24. The first-order chi connectivity index (χ1) is 18.0. The molecule has 6 nitrogen and oxygen atoms in total. The number of aromatic nitrogens is 4. The second kappa shape index (κ2) is 11.4. The van der Waals surface area contributed by atoms with Gasteiger partial charge in [0.15, 0.2) is 11.0 Å². The summed E-state index contributed by atoms with van der Waals surface area (Å²) in [4.78, 5) is 17.0. The van der Waals surface area contributed by atoms with Crippen LogP contribution in [-0.2, 0) is 12.3 Å². The minimum absolute atomic E-state index is 0.284. The third-order valence-electron chi connectivity index (χ3n) is 5.32. The lowest BCUT2D eigenvalue weighted by molar-refractivity contribution is 0.0946. The van der Waals surface area contributed by atoms with Crippen LogP contribution in [0.25, 0.3) is 17.1 Å². The molecule has 0 saturated heterocycles. The molecule has 0 bridgehead atoms. The van der Waals surface area contributed by atoms with Crippen LogP contribution in [0.3, 0.4) is 0 Å². The molecule has 0 unspecified atom stereocenters. The van der Waals surface area contributed by atoms with E-state index in [0.29, 0.717) is 32.5 Å². The fourth-order valence-corrected chi connectivity index (χ4v) is 5.69. The number of hydrogen-bond donors (Lipinski definition) is 1. The second-order valence-electron chi connectivity index (χ2n) is 7.80. The van der Waals surface area contributed by atoms with Gasteiger partial charge in [-0.15, -0.1) is 21.5 Å². The molecule has 0 aliphatic heterocycles. The lowest BCUT2D eigenvalue weighted by Crippen LogP contribution is -2.23. The zero-order chi connectivity index (χ0) is 25.8. The molecule has 0 saturated carbocycles. The molecule has 0 aliphatic carbocycles. The molecule has 3 aromatic carbocycles. The van der Waals surface area contributed by atoms with Crippen molar-refractivity contribution < 1.29 is 9.18 Å². The first kappa shape index (κ1) is 25.4. The van der Waals surface area contributed by atoms with Gasteiger partial charge in [-0.1, -0.05) is 71.4 Å². The van der Waals surface area contributed by atoms with E-state index in [2.05, 4.69) is 20.5 Å². The molecule has 0 spiro atoms. The number of thiazole rings is 1. The van der Waals surface area contributed by atoms with Crippen molar-refractivity contribution in [3.63, 3.8) is 0 Å². The fraction of sp³-hybridized carbons (Fsp3) is 0.0769. The van der Waals surface area contributed by atoms with Crippen molar-refractivity contribution in [1.82, 2.24) is 25.1 Å². The van der Waals surface area contributed by atoms with Crippen molar-refractivity contribution in [3.05, 3.63) is 110 Å². The van der Waals surface area contributed by atoms with Crippen molar-refractivity contribution in [2.24, 2.45) is 0 Å². The van der Waals surface area contributed by atoms with E-state index in [1.54, 1.807) is 29.6 Å². The number of amides is 1. The van der Waals surface area contributed by atoms with Gasteiger partial charge in [-0.2, -0.15) is 0 Å². The third-order valence-corrected chi connectivity index (χ3v) is 7.94. The van der Waals surface area contributed by atoms with Crippen LogP contribution in [0.5, 0.6) is 0 Å². The average molecular weight is 571 g/mol. The lowest BCUT2D eigenvalue weighted by Gasteiger charge is -2.12. The molecular formula is C26H18Cl2FN5OS2. The Morgan fingerprint density at radius 2 is 1.70 bits per heavy atom. The Bertz CT molecular complexity index is 1550. The molecule has 2 heterocycles. The quantitative estimate of drug-likeness (QED) is 0.202.